The fourth-order valence-electron chi connectivity index (χ4n) is 3.30. The van der Waals surface area contributed by atoms with Gasteiger partial charge in [0.25, 0.3) is 17.5 Å². The van der Waals surface area contributed by atoms with Crippen LogP contribution in [0.4, 0.5) is 20.6 Å². The molecular formula is C24H15ClFN3O6. The van der Waals surface area contributed by atoms with Crippen molar-refractivity contribution in [2.75, 3.05) is 4.90 Å². The molecule has 1 aliphatic rings. The predicted molar refractivity (Wildman–Crippen MR) is 124 cm³/mol. The van der Waals surface area contributed by atoms with E-state index in [2.05, 4.69) is 0 Å². The summed E-state index contributed by atoms with van der Waals surface area (Å²) in [6.45, 7) is 0.0236. The molecule has 0 spiro atoms. The SMILES string of the molecule is O=C1NC(=O)N(c2ccccc2F)C(=O)/C1=C/c1cc(Cl)ccc1OCc1ccc([N+](=O)[O-])cc1. The van der Waals surface area contributed by atoms with Gasteiger partial charge in [-0.25, -0.2) is 14.1 Å². The van der Waals surface area contributed by atoms with Crippen molar-refractivity contribution in [3.8, 4) is 5.75 Å². The quantitative estimate of drug-likeness (QED) is 0.230. The molecule has 9 nitrogen and oxygen atoms in total. The van der Waals surface area contributed by atoms with Crippen molar-refractivity contribution >= 4 is 46.9 Å². The van der Waals surface area contributed by atoms with Crippen LogP contribution in [0.3, 0.4) is 0 Å². The van der Waals surface area contributed by atoms with Crippen LogP contribution in [0.2, 0.25) is 5.02 Å². The van der Waals surface area contributed by atoms with Gasteiger partial charge in [-0.05, 0) is 54.1 Å². The molecule has 0 radical (unpaired) electrons. The van der Waals surface area contributed by atoms with Crippen molar-refractivity contribution in [1.82, 2.24) is 5.32 Å². The van der Waals surface area contributed by atoms with E-state index in [9.17, 15) is 28.9 Å². The molecule has 1 saturated heterocycles. The molecule has 0 bridgehead atoms. The van der Waals surface area contributed by atoms with Crippen molar-refractivity contribution in [3.63, 3.8) is 0 Å². The molecule has 0 aliphatic carbocycles. The van der Waals surface area contributed by atoms with Crippen LogP contribution in [-0.2, 0) is 16.2 Å². The number of nitrogens with zero attached hydrogens (tertiary/aromatic N) is 2. The molecule has 3 aromatic carbocycles. The molecule has 35 heavy (non-hydrogen) atoms. The van der Waals surface area contributed by atoms with Gasteiger partial charge in [0.2, 0.25) is 0 Å². The average Bonchev–Trinajstić information content (AvgIpc) is 2.82. The van der Waals surface area contributed by atoms with Crippen LogP contribution in [0, 0.1) is 15.9 Å². The minimum absolute atomic E-state index is 0.0236. The predicted octanol–water partition coefficient (Wildman–Crippen LogP) is 4.63. The summed E-state index contributed by atoms with van der Waals surface area (Å²) in [6.07, 6.45) is 1.19. The number of nitro benzene ring substituents is 1. The van der Waals surface area contributed by atoms with E-state index >= 15 is 0 Å². The summed E-state index contributed by atoms with van der Waals surface area (Å²) >= 11 is 6.09. The second-order valence-electron chi connectivity index (χ2n) is 7.30. The minimum atomic E-state index is -1.08. The molecule has 11 heteroatoms. The van der Waals surface area contributed by atoms with Crippen LogP contribution < -0.4 is 15.0 Å². The van der Waals surface area contributed by atoms with E-state index in [4.69, 9.17) is 16.3 Å². The topological polar surface area (TPSA) is 119 Å². The van der Waals surface area contributed by atoms with Crippen LogP contribution in [0.25, 0.3) is 6.08 Å². The molecule has 0 atom stereocenters. The summed E-state index contributed by atoms with van der Waals surface area (Å²) in [5, 5.41) is 13.1. The van der Waals surface area contributed by atoms with Gasteiger partial charge in [-0.3, -0.25) is 25.0 Å². The number of barbiturate groups is 1. The van der Waals surface area contributed by atoms with Gasteiger partial charge in [-0.15, -0.1) is 0 Å². The summed E-state index contributed by atoms with van der Waals surface area (Å²) in [6, 6.07) is 14.3. The monoisotopic (exact) mass is 495 g/mol. The van der Waals surface area contributed by atoms with Gasteiger partial charge in [-0.1, -0.05) is 23.7 Å². The Morgan fingerprint density at radius 2 is 1.77 bits per heavy atom. The van der Waals surface area contributed by atoms with Crippen molar-refractivity contribution in [1.29, 1.82) is 0 Å². The average molecular weight is 496 g/mol. The lowest BCUT2D eigenvalue weighted by Gasteiger charge is -2.26. The Labute approximate surface area is 202 Å². The van der Waals surface area contributed by atoms with Gasteiger partial charge in [-0.2, -0.15) is 0 Å². The van der Waals surface area contributed by atoms with Crippen LogP contribution in [0.5, 0.6) is 5.75 Å². The summed E-state index contributed by atoms with van der Waals surface area (Å²) in [5.41, 5.74) is 0.0681. The lowest BCUT2D eigenvalue weighted by Crippen LogP contribution is -2.54. The number of carbonyl (C=O) groups excluding carboxylic acids is 3. The third kappa shape index (κ3) is 5.02. The van der Waals surface area contributed by atoms with E-state index in [1.807, 2.05) is 5.32 Å². The summed E-state index contributed by atoms with van der Waals surface area (Å²) in [7, 11) is 0. The fourth-order valence-corrected chi connectivity index (χ4v) is 3.48. The van der Waals surface area contributed by atoms with E-state index in [1.54, 1.807) is 0 Å². The zero-order valence-electron chi connectivity index (χ0n) is 17.7. The number of ether oxygens (including phenoxy) is 1. The Morgan fingerprint density at radius 1 is 1.06 bits per heavy atom. The van der Waals surface area contributed by atoms with Crippen LogP contribution in [0.15, 0.2) is 72.3 Å². The first-order valence-corrected chi connectivity index (χ1v) is 10.4. The largest absolute Gasteiger partial charge is 0.488 e. The molecule has 3 aromatic rings. The highest BCUT2D eigenvalue weighted by Gasteiger charge is 2.38. The zero-order chi connectivity index (χ0) is 25.1. The van der Waals surface area contributed by atoms with Crippen LogP contribution >= 0.6 is 11.6 Å². The molecule has 0 unspecified atom stereocenters. The number of urea groups is 1. The van der Waals surface area contributed by atoms with E-state index in [1.165, 1.54) is 66.7 Å². The maximum Gasteiger partial charge on any atom is 0.336 e. The fraction of sp³-hybridized carbons (Fsp3) is 0.0417. The number of para-hydroxylation sites is 1. The number of nitro groups is 1. The normalized spacial score (nSPS) is 14.7. The van der Waals surface area contributed by atoms with Crippen LogP contribution in [-0.4, -0.2) is 22.8 Å². The van der Waals surface area contributed by atoms with Crippen molar-refractivity contribution < 1.29 is 28.4 Å². The number of hydrogen-bond donors (Lipinski definition) is 1. The molecule has 4 rings (SSSR count). The molecule has 1 heterocycles. The van der Waals surface area contributed by atoms with Gasteiger partial charge in [0, 0.05) is 22.7 Å². The van der Waals surface area contributed by atoms with Crippen LogP contribution in [0.1, 0.15) is 11.1 Å². The minimum Gasteiger partial charge on any atom is -0.488 e. The standard InChI is InChI=1S/C24H15ClFN3O6/c25-16-7-10-21(35-13-14-5-8-17(9-6-14)29(33)34)15(11-16)12-18-22(30)27-24(32)28(23(18)31)20-4-2-1-3-19(20)26/h1-12H,13H2,(H,27,30,32)/b18-12+. The Kier molecular flexibility index (Phi) is 6.56. The van der Waals surface area contributed by atoms with Gasteiger partial charge < -0.3 is 4.74 Å². The Morgan fingerprint density at radius 3 is 2.46 bits per heavy atom. The summed E-state index contributed by atoms with van der Waals surface area (Å²) in [4.78, 5) is 48.7. The first-order valence-electron chi connectivity index (χ1n) is 10.1. The van der Waals surface area contributed by atoms with E-state index in [0.29, 0.717) is 10.5 Å². The third-order valence-corrected chi connectivity index (χ3v) is 5.24. The van der Waals surface area contributed by atoms with E-state index in [0.717, 1.165) is 6.07 Å². The second kappa shape index (κ2) is 9.74. The molecule has 176 valence electrons. The Balaban J connectivity index is 1.65. The highest BCUT2D eigenvalue weighted by molar-refractivity contribution is 6.39. The van der Waals surface area contributed by atoms with Crippen molar-refractivity contribution in [3.05, 3.63) is 104 Å². The summed E-state index contributed by atoms with van der Waals surface area (Å²) in [5.74, 6) is -2.56. The lowest BCUT2D eigenvalue weighted by atomic mass is 10.1. The van der Waals surface area contributed by atoms with Crippen molar-refractivity contribution in [2.24, 2.45) is 0 Å². The van der Waals surface area contributed by atoms with Gasteiger partial charge in [0.05, 0.1) is 10.6 Å². The molecule has 0 aromatic heterocycles. The second-order valence-corrected chi connectivity index (χ2v) is 7.74. The summed E-state index contributed by atoms with van der Waals surface area (Å²) < 4.78 is 20.1. The maximum absolute atomic E-state index is 14.3. The number of hydrogen-bond acceptors (Lipinski definition) is 6. The van der Waals surface area contributed by atoms with Crippen molar-refractivity contribution in [2.45, 2.75) is 6.61 Å². The zero-order valence-corrected chi connectivity index (χ0v) is 18.5. The number of anilines is 1. The molecular weight excluding hydrogens is 481 g/mol. The van der Waals surface area contributed by atoms with E-state index < -0.39 is 34.2 Å². The number of carbonyl (C=O) groups is 3. The van der Waals surface area contributed by atoms with E-state index in [-0.39, 0.29) is 34.3 Å². The highest BCUT2D eigenvalue weighted by Crippen LogP contribution is 2.29. The Hall–Kier alpha value is -4.57. The number of amides is 4. The molecule has 1 N–H and O–H groups in total. The molecule has 0 saturated carbocycles. The number of halogens is 2. The molecule has 1 fully saturated rings. The number of benzene rings is 3. The number of rotatable bonds is 6. The maximum atomic E-state index is 14.3. The van der Waals surface area contributed by atoms with Gasteiger partial charge >= 0.3 is 6.03 Å². The smallest absolute Gasteiger partial charge is 0.336 e. The third-order valence-electron chi connectivity index (χ3n) is 5.01. The number of imide groups is 2. The highest BCUT2D eigenvalue weighted by atomic mass is 35.5. The first kappa shape index (κ1) is 23.6. The number of nitrogens with one attached hydrogen (secondary N) is 1. The first-order chi connectivity index (χ1) is 16.7. The molecule has 1 aliphatic heterocycles. The van der Waals surface area contributed by atoms with Gasteiger partial charge in [0.1, 0.15) is 23.7 Å². The molecule has 4 amide bonds. The lowest BCUT2D eigenvalue weighted by molar-refractivity contribution is -0.384. The van der Waals surface area contributed by atoms with Gasteiger partial charge in [0.15, 0.2) is 0 Å². The number of non-ortho nitro benzene ring substituents is 1. The Bertz CT molecular complexity index is 1390.